The van der Waals surface area contributed by atoms with E-state index in [-0.39, 0.29) is 59.2 Å². The minimum absolute atomic E-state index is 0. The Kier molecular flexibility index (Phi) is 28.7. The van der Waals surface area contributed by atoms with E-state index in [1.54, 1.807) is 0 Å². The van der Waals surface area contributed by atoms with Gasteiger partial charge in [0.15, 0.2) is 0 Å². The van der Waals surface area contributed by atoms with E-state index in [0.717, 1.165) is 12.8 Å². The second-order valence-corrected chi connectivity index (χ2v) is 6.69. The van der Waals surface area contributed by atoms with Crippen LogP contribution < -0.4 is 29.6 Å². The van der Waals surface area contributed by atoms with Crippen molar-refractivity contribution in [3.63, 3.8) is 0 Å². The topological polar surface area (TPSA) is 147 Å². The van der Waals surface area contributed by atoms with E-state index in [1.165, 1.54) is 44.9 Å². The molecule has 0 bridgehead atoms. The predicted molar refractivity (Wildman–Crippen MR) is 83.7 cm³/mol. The molecule has 0 aromatic rings. The fraction of sp³-hybridized carbons (Fsp3) is 1.00. The van der Waals surface area contributed by atoms with Crippen LogP contribution in [-0.2, 0) is 25.0 Å². The van der Waals surface area contributed by atoms with E-state index >= 15 is 0 Å². The first-order valence-corrected chi connectivity index (χ1v) is 10.00. The first kappa shape index (κ1) is 33.1. The summed E-state index contributed by atoms with van der Waals surface area (Å²) in [6, 6.07) is 0. The van der Waals surface area contributed by atoms with Crippen molar-refractivity contribution in [2.45, 2.75) is 71.1 Å². The van der Waals surface area contributed by atoms with Gasteiger partial charge in [0.25, 0.3) is 0 Å². The molecule has 0 aliphatic heterocycles. The molecule has 0 N–H and O–H groups in total. The standard InChI is InChI=1S/C12H26O4S.Mg.Na.H2O4S/c1-2-3-4-5-6-7-8-9-10-11-12-16-17(13,14)15;;;1-5(2,3)4/h2-12H2,1H3,(H,13,14,15);;;(H2,1,2,3,4)/q;+2;+1;/p-3. The molecule has 0 rings (SSSR count). The zero-order valence-corrected chi connectivity index (χ0v) is 19.6. The van der Waals surface area contributed by atoms with Gasteiger partial charge in [0, 0.05) is 10.4 Å². The fourth-order valence-corrected chi connectivity index (χ4v) is 2.07. The SMILES string of the molecule is CCCCCCCCCCCCOS(=O)(=O)[O-].O=S(=O)([O-])[O-].[Mg+2].[Na+]. The minimum atomic E-state index is -5.17. The molecule has 0 aliphatic carbocycles. The molecule has 0 spiro atoms. The Morgan fingerprint density at radius 3 is 1.29 bits per heavy atom. The van der Waals surface area contributed by atoms with Crippen LogP contribution in [0, 0.1) is 0 Å². The maximum absolute atomic E-state index is 10.1. The Balaban J connectivity index is -0.000000250. The second kappa shape index (κ2) is 20.8. The quantitative estimate of drug-likeness (QED) is 0.167. The third-order valence-corrected chi connectivity index (χ3v) is 3.18. The summed E-state index contributed by atoms with van der Waals surface area (Å²) in [4.78, 5) is 0. The smallest absolute Gasteiger partial charge is 0.759 e. The number of hydrogen-bond acceptors (Lipinski definition) is 8. The third kappa shape index (κ3) is 49.5. The van der Waals surface area contributed by atoms with Crippen molar-refractivity contribution in [3.05, 3.63) is 0 Å². The molecule has 0 unspecified atom stereocenters. The largest absolute Gasteiger partial charge is 2.00 e. The molecule has 0 amide bonds. The molecule has 24 heavy (non-hydrogen) atoms. The van der Waals surface area contributed by atoms with Crippen LogP contribution in [0.2, 0.25) is 0 Å². The molecule has 136 valence electrons. The molecule has 0 saturated heterocycles. The van der Waals surface area contributed by atoms with Crippen molar-refractivity contribution in [1.29, 1.82) is 0 Å². The summed E-state index contributed by atoms with van der Waals surface area (Å²) in [6.07, 6.45) is 11.7. The van der Waals surface area contributed by atoms with Crippen LogP contribution in [0.15, 0.2) is 0 Å². The van der Waals surface area contributed by atoms with Gasteiger partial charge in [-0.15, -0.1) is 0 Å². The van der Waals surface area contributed by atoms with Gasteiger partial charge in [0.1, 0.15) is 0 Å². The summed E-state index contributed by atoms with van der Waals surface area (Å²) in [5, 5.41) is 0. The average Bonchev–Trinajstić information content (AvgIpc) is 2.32. The third-order valence-electron chi connectivity index (χ3n) is 2.73. The molecule has 0 aromatic carbocycles. The molecule has 0 saturated carbocycles. The first-order valence-electron chi connectivity index (χ1n) is 7.33. The van der Waals surface area contributed by atoms with Gasteiger partial charge >= 0.3 is 52.6 Å². The van der Waals surface area contributed by atoms with E-state index in [4.69, 9.17) is 17.5 Å². The average molecular weight is 409 g/mol. The zero-order valence-electron chi connectivity index (χ0n) is 14.6. The number of hydrogen-bond donors (Lipinski definition) is 0. The Morgan fingerprint density at radius 2 is 1.00 bits per heavy atom. The van der Waals surface area contributed by atoms with Crippen LogP contribution in [0.25, 0.3) is 0 Å². The van der Waals surface area contributed by atoms with E-state index in [1.807, 2.05) is 0 Å². The molecule has 0 fully saturated rings. The van der Waals surface area contributed by atoms with E-state index < -0.39 is 20.8 Å². The maximum atomic E-state index is 10.1. The van der Waals surface area contributed by atoms with Gasteiger partial charge in [0.2, 0.25) is 10.4 Å². The predicted octanol–water partition coefficient (Wildman–Crippen LogP) is -1.33. The molecule has 0 atom stereocenters. The Morgan fingerprint density at radius 1 is 0.708 bits per heavy atom. The van der Waals surface area contributed by atoms with Crippen molar-refractivity contribution in [1.82, 2.24) is 0 Å². The van der Waals surface area contributed by atoms with Crippen molar-refractivity contribution in [2.24, 2.45) is 0 Å². The normalized spacial score (nSPS) is 10.8. The zero-order chi connectivity index (χ0) is 17.5. The van der Waals surface area contributed by atoms with Gasteiger partial charge in [0.05, 0.1) is 6.61 Å². The van der Waals surface area contributed by atoms with Crippen molar-refractivity contribution >= 4 is 43.9 Å². The molecule has 0 heterocycles. The first-order chi connectivity index (χ1) is 10.1. The minimum Gasteiger partial charge on any atom is -0.759 e. The van der Waals surface area contributed by atoms with Gasteiger partial charge in [-0.25, -0.2) is 8.42 Å². The monoisotopic (exact) mass is 408 g/mol. The molecule has 12 heteroatoms. The van der Waals surface area contributed by atoms with Gasteiger partial charge in [-0.05, 0) is 6.42 Å². The van der Waals surface area contributed by atoms with E-state index in [9.17, 15) is 13.0 Å². The fourth-order valence-electron chi connectivity index (χ4n) is 1.75. The van der Waals surface area contributed by atoms with Crippen molar-refractivity contribution in [3.8, 4) is 0 Å². The molecule has 8 nitrogen and oxygen atoms in total. The number of unbranched alkanes of at least 4 members (excludes halogenated alkanes) is 9. The summed E-state index contributed by atoms with van der Waals surface area (Å²) in [6.45, 7) is 2.24. The summed E-state index contributed by atoms with van der Waals surface area (Å²) in [7, 11) is -9.65. The van der Waals surface area contributed by atoms with Gasteiger partial charge in [-0.3, -0.25) is 12.6 Å². The molecule has 0 aliphatic rings. The van der Waals surface area contributed by atoms with Gasteiger partial charge in [-0.2, -0.15) is 0 Å². The van der Waals surface area contributed by atoms with Gasteiger partial charge < -0.3 is 13.7 Å². The van der Waals surface area contributed by atoms with Crippen LogP contribution in [0.1, 0.15) is 71.1 Å². The van der Waals surface area contributed by atoms with Crippen LogP contribution in [0.3, 0.4) is 0 Å². The Bertz CT molecular complexity index is 434. The number of rotatable bonds is 12. The van der Waals surface area contributed by atoms with E-state index in [2.05, 4.69) is 11.1 Å². The molecular weight excluding hydrogens is 384 g/mol. The Labute approximate surface area is 184 Å². The van der Waals surface area contributed by atoms with Crippen molar-refractivity contribution in [2.75, 3.05) is 6.61 Å². The van der Waals surface area contributed by atoms with Crippen LogP contribution in [0.5, 0.6) is 0 Å². The summed E-state index contributed by atoms with van der Waals surface area (Å²) in [5.74, 6) is 0. The van der Waals surface area contributed by atoms with Crippen LogP contribution >= 0.6 is 0 Å². The summed E-state index contributed by atoms with van der Waals surface area (Å²) in [5.41, 5.74) is 0. The molecule has 0 radical (unpaired) electrons. The molecular formula is C12H25MgNaO8S2. The van der Waals surface area contributed by atoms with E-state index in [0.29, 0.717) is 6.42 Å². The van der Waals surface area contributed by atoms with Crippen molar-refractivity contribution < 1.29 is 64.2 Å². The van der Waals surface area contributed by atoms with Crippen LogP contribution in [-0.4, -0.2) is 60.2 Å². The molecule has 0 aromatic heterocycles. The Hall–Kier alpha value is 1.51. The second-order valence-electron chi connectivity index (χ2n) is 4.82. The van der Waals surface area contributed by atoms with Crippen LogP contribution in [0.4, 0.5) is 0 Å². The van der Waals surface area contributed by atoms with Gasteiger partial charge in [-0.1, -0.05) is 64.7 Å². The summed E-state index contributed by atoms with van der Waals surface area (Å²) < 4.78 is 68.5. The summed E-state index contributed by atoms with van der Waals surface area (Å²) >= 11 is 0. The maximum Gasteiger partial charge on any atom is 2.00 e.